The van der Waals surface area contributed by atoms with Crippen LogP contribution in [0.2, 0.25) is 0 Å². The van der Waals surface area contributed by atoms with Gasteiger partial charge in [0, 0.05) is 6.42 Å². The number of hydrogen-bond acceptors (Lipinski definition) is 5. The Morgan fingerprint density at radius 3 is 1.49 bits per heavy atom. The lowest BCUT2D eigenvalue weighted by atomic mass is 10.0. The predicted octanol–water partition coefficient (Wildman–Crippen LogP) is 13.1. The number of nitrogens with one attached hydrogen (secondary N) is 1. The Kier molecular flexibility index (Phi) is 39.0. The molecule has 59 heavy (non-hydrogen) atoms. The molecule has 0 bridgehead atoms. The number of aliphatic hydroxyl groups is 1. The van der Waals surface area contributed by atoms with Gasteiger partial charge in [0.25, 0.3) is 0 Å². The Bertz CT molecular complexity index is 1280. The molecular formula is C50H88N2O6P+. The third-order valence-corrected chi connectivity index (χ3v) is 10.6. The number of carbonyl (C=O) groups excluding carboxylic acids is 1. The van der Waals surface area contributed by atoms with Crippen LogP contribution in [0.3, 0.4) is 0 Å². The first-order valence-electron chi connectivity index (χ1n) is 23.1. The van der Waals surface area contributed by atoms with Crippen LogP contribution in [0.5, 0.6) is 0 Å². The first kappa shape index (κ1) is 56.4. The molecule has 0 radical (unpaired) electrons. The van der Waals surface area contributed by atoms with Gasteiger partial charge in [0.2, 0.25) is 5.91 Å². The Labute approximate surface area is 362 Å². The molecule has 0 rings (SSSR count). The van der Waals surface area contributed by atoms with Crippen molar-refractivity contribution in [2.75, 3.05) is 40.9 Å². The van der Waals surface area contributed by atoms with Crippen LogP contribution in [-0.2, 0) is 18.4 Å². The summed E-state index contributed by atoms with van der Waals surface area (Å²) in [4.78, 5) is 23.0. The lowest BCUT2D eigenvalue weighted by Gasteiger charge is -2.26. The summed E-state index contributed by atoms with van der Waals surface area (Å²) >= 11 is 0. The van der Waals surface area contributed by atoms with E-state index in [0.717, 1.165) is 103 Å². The zero-order chi connectivity index (χ0) is 43.6. The van der Waals surface area contributed by atoms with Crippen molar-refractivity contribution in [2.24, 2.45) is 0 Å². The monoisotopic (exact) mass is 844 g/mol. The van der Waals surface area contributed by atoms with Gasteiger partial charge < -0.3 is 19.8 Å². The van der Waals surface area contributed by atoms with E-state index in [-0.39, 0.29) is 19.1 Å². The number of aliphatic hydroxyl groups excluding tert-OH is 1. The second kappa shape index (κ2) is 40.8. The molecule has 8 nitrogen and oxygen atoms in total. The number of carbonyl (C=O) groups is 1. The van der Waals surface area contributed by atoms with E-state index in [1.54, 1.807) is 0 Å². The molecule has 3 unspecified atom stereocenters. The van der Waals surface area contributed by atoms with Crippen LogP contribution < -0.4 is 5.32 Å². The van der Waals surface area contributed by atoms with Crippen molar-refractivity contribution in [1.29, 1.82) is 0 Å². The average Bonchev–Trinajstić information content (AvgIpc) is 3.19. The van der Waals surface area contributed by atoms with Gasteiger partial charge in [0.15, 0.2) is 0 Å². The maximum Gasteiger partial charge on any atom is 0.472 e. The fourth-order valence-corrected chi connectivity index (χ4v) is 6.68. The highest BCUT2D eigenvalue weighted by Gasteiger charge is 2.28. The van der Waals surface area contributed by atoms with Crippen LogP contribution in [0.25, 0.3) is 0 Å². The number of rotatable bonds is 40. The quantitative estimate of drug-likeness (QED) is 0.0246. The first-order chi connectivity index (χ1) is 28.5. The lowest BCUT2D eigenvalue weighted by molar-refractivity contribution is -0.870. The summed E-state index contributed by atoms with van der Waals surface area (Å²) in [6, 6.07) is -0.772. The van der Waals surface area contributed by atoms with E-state index in [4.69, 9.17) is 9.05 Å². The largest absolute Gasteiger partial charge is 0.472 e. The van der Waals surface area contributed by atoms with Crippen molar-refractivity contribution in [3.05, 3.63) is 97.2 Å². The van der Waals surface area contributed by atoms with E-state index < -0.39 is 20.0 Å². The van der Waals surface area contributed by atoms with Crippen molar-refractivity contribution >= 4 is 13.7 Å². The fraction of sp³-hybridized carbons (Fsp3) is 0.660. The summed E-state index contributed by atoms with van der Waals surface area (Å²) in [7, 11) is 1.58. The van der Waals surface area contributed by atoms with E-state index in [9.17, 15) is 19.4 Å². The van der Waals surface area contributed by atoms with E-state index in [0.29, 0.717) is 23.9 Å². The fourth-order valence-electron chi connectivity index (χ4n) is 5.94. The highest BCUT2D eigenvalue weighted by Crippen LogP contribution is 2.43. The second-order valence-electron chi connectivity index (χ2n) is 16.4. The molecule has 0 fully saturated rings. The van der Waals surface area contributed by atoms with Gasteiger partial charge in [0.1, 0.15) is 13.2 Å². The van der Waals surface area contributed by atoms with Crippen molar-refractivity contribution in [3.63, 3.8) is 0 Å². The molecule has 0 aliphatic carbocycles. The van der Waals surface area contributed by atoms with Crippen molar-refractivity contribution in [1.82, 2.24) is 5.32 Å². The number of unbranched alkanes of at least 4 members (excludes halogenated alkanes) is 11. The Morgan fingerprint density at radius 2 is 1.02 bits per heavy atom. The van der Waals surface area contributed by atoms with Gasteiger partial charge in [-0.05, 0) is 77.0 Å². The minimum absolute atomic E-state index is 0.0652. The summed E-state index contributed by atoms with van der Waals surface area (Å²) < 4.78 is 23.5. The third-order valence-electron chi connectivity index (χ3n) is 9.60. The SMILES string of the molecule is CC/C=C\C/C=C\C/C=C\C/C=C\C/C=C\C/C=C\C/C=C\C/C=C\CCCCCCCCC(=O)NC(COP(=O)(O)OCC[N+](C)(C)C)C(O)CCCCCCCC. The molecular weight excluding hydrogens is 756 g/mol. The number of hydrogen-bond donors (Lipinski definition) is 3. The molecule has 0 aliphatic heterocycles. The molecule has 338 valence electrons. The molecule has 3 N–H and O–H groups in total. The molecule has 3 atom stereocenters. The zero-order valence-electron chi connectivity index (χ0n) is 38.2. The number of allylic oxidation sites excluding steroid dienone is 16. The van der Waals surface area contributed by atoms with Crippen LogP contribution >= 0.6 is 7.82 Å². The smallest absolute Gasteiger partial charge is 0.391 e. The lowest BCUT2D eigenvalue weighted by Crippen LogP contribution is -2.46. The maximum absolute atomic E-state index is 12.8. The molecule has 0 saturated carbocycles. The van der Waals surface area contributed by atoms with E-state index in [2.05, 4.69) is 116 Å². The van der Waals surface area contributed by atoms with Crippen LogP contribution in [0.15, 0.2) is 97.2 Å². The number of quaternary nitrogens is 1. The second-order valence-corrected chi connectivity index (χ2v) is 17.9. The third kappa shape index (κ3) is 43.3. The van der Waals surface area contributed by atoms with Crippen molar-refractivity contribution in [3.8, 4) is 0 Å². The number of phosphoric ester groups is 1. The summed E-state index contributed by atoms with van der Waals surface area (Å²) in [6.07, 6.45) is 57.6. The van der Waals surface area contributed by atoms with Gasteiger partial charge >= 0.3 is 7.82 Å². The highest BCUT2D eigenvalue weighted by molar-refractivity contribution is 7.47. The van der Waals surface area contributed by atoms with Crippen molar-refractivity contribution in [2.45, 2.75) is 174 Å². The van der Waals surface area contributed by atoms with Gasteiger partial charge in [-0.25, -0.2) is 4.57 Å². The van der Waals surface area contributed by atoms with Crippen LogP contribution in [0.4, 0.5) is 0 Å². The Hall–Kier alpha value is -2.58. The molecule has 0 aliphatic rings. The number of amides is 1. The van der Waals surface area contributed by atoms with Crippen LogP contribution in [0.1, 0.15) is 162 Å². The topological polar surface area (TPSA) is 105 Å². The summed E-state index contributed by atoms with van der Waals surface area (Å²) in [6.45, 7) is 4.66. The molecule has 9 heteroatoms. The molecule has 0 aromatic heterocycles. The molecule has 0 spiro atoms. The first-order valence-corrected chi connectivity index (χ1v) is 24.6. The van der Waals surface area contributed by atoms with Gasteiger partial charge in [-0.1, -0.05) is 175 Å². The minimum atomic E-state index is -4.31. The van der Waals surface area contributed by atoms with Crippen LogP contribution in [-0.4, -0.2) is 73.4 Å². The van der Waals surface area contributed by atoms with Crippen molar-refractivity contribution < 1.29 is 32.9 Å². The van der Waals surface area contributed by atoms with Gasteiger partial charge in [0.05, 0.1) is 39.9 Å². The zero-order valence-corrected chi connectivity index (χ0v) is 39.1. The summed E-state index contributed by atoms with van der Waals surface area (Å²) in [5.74, 6) is -0.170. The normalized spacial score (nSPS) is 15.2. The van der Waals surface area contributed by atoms with Gasteiger partial charge in [-0.15, -0.1) is 0 Å². The summed E-state index contributed by atoms with van der Waals surface area (Å²) in [5, 5.41) is 13.8. The number of nitrogens with zero attached hydrogens (tertiary/aromatic N) is 1. The van der Waals surface area contributed by atoms with E-state index in [1.165, 1.54) is 32.1 Å². The molecule has 1 amide bonds. The van der Waals surface area contributed by atoms with E-state index in [1.807, 2.05) is 21.1 Å². The van der Waals surface area contributed by atoms with Gasteiger partial charge in [-0.3, -0.25) is 13.8 Å². The maximum atomic E-state index is 12.8. The standard InChI is InChI=1S/C50H87N2O6P/c1-6-8-10-12-14-15-16-17-18-19-20-21-22-23-24-25-26-27-28-29-30-31-32-33-34-35-36-37-38-40-42-44-50(54)51-48(49(53)43-41-39-13-11-9-7-2)47-58-59(55,56)57-46-45-52(3,4)5/h8,10,14-15,17-18,20-21,23-24,26-27,29-30,32-33,48-49,53H,6-7,9,11-13,16,19,22,25,28,31,34-47H2,1-5H3,(H-,51,54,55,56)/p+1/b10-8-,15-14-,18-17-,21-20-,24-23-,27-26-,30-29-,33-32-. The Morgan fingerprint density at radius 1 is 0.593 bits per heavy atom. The summed E-state index contributed by atoms with van der Waals surface area (Å²) in [5.41, 5.74) is 0. The minimum Gasteiger partial charge on any atom is -0.391 e. The predicted molar refractivity (Wildman–Crippen MR) is 253 cm³/mol. The number of phosphoric acid groups is 1. The average molecular weight is 844 g/mol. The molecule has 0 saturated heterocycles. The van der Waals surface area contributed by atoms with Crippen LogP contribution in [0, 0.1) is 0 Å². The molecule has 0 aromatic rings. The van der Waals surface area contributed by atoms with Gasteiger partial charge in [-0.2, -0.15) is 0 Å². The van der Waals surface area contributed by atoms with E-state index >= 15 is 0 Å². The Balaban J connectivity index is 4.11. The number of likely N-dealkylation sites (N-methyl/N-ethyl adjacent to an activating group) is 1. The highest BCUT2D eigenvalue weighted by atomic mass is 31.2. The molecule has 0 heterocycles. The molecule has 0 aromatic carbocycles.